The summed E-state index contributed by atoms with van der Waals surface area (Å²) in [6.07, 6.45) is 1.09. The average molecular weight is 305 g/mol. The molecule has 0 spiro atoms. The van der Waals surface area contributed by atoms with Gasteiger partial charge in [0, 0.05) is 0 Å². The Morgan fingerprint density at radius 3 is 2.24 bits per heavy atom. The van der Waals surface area contributed by atoms with E-state index >= 15 is 0 Å². The number of benzene rings is 2. The van der Waals surface area contributed by atoms with Crippen LogP contribution in [0.5, 0.6) is 0 Å². The van der Waals surface area contributed by atoms with Gasteiger partial charge in [0.1, 0.15) is 5.82 Å². The normalized spacial score (nSPS) is 13.2. The lowest BCUT2D eigenvalue weighted by molar-refractivity contribution is 0.506. The number of halogens is 2. The largest absolute Gasteiger partial charge is 0.207 e. The Balaban J connectivity index is 2.30. The fourth-order valence-corrected chi connectivity index (χ4v) is 2.80. The Hall–Kier alpha value is -1.34. The molecule has 0 fully saturated rings. The third-order valence-corrected chi connectivity index (χ3v) is 4.86. The zero-order chi connectivity index (χ0) is 15.6. The van der Waals surface area contributed by atoms with E-state index < -0.39 is 0 Å². The van der Waals surface area contributed by atoms with Gasteiger partial charge in [0.25, 0.3) is 0 Å². The highest BCUT2D eigenvalue weighted by atomic mass is 35.5. The van der Waals surface area contributed by atoms with Crippen molar-refractivity contribution in [3.05, 3.63) is 70.5 Å². The van der Waals surface area contributed by atoms with E-state index in [-0.39, 0.29) is 16.6 Å². The average Bonchev–Trinajstić information content (AvgIpc) is 2.47. The molecule has 0 aromatic heterocycles. The molecule has 2 aromatic rings. The quantitative estimate of drug-likeness (QED) is 0.594. The van der Waals surface area contributed by atoms with Crippen LogP contribution in [-0.4, -0.2) is 0 Å². The maximum Gasteiger partial charge on any atom is 0.123 e. The molecule has 0 radical (unpaired) electrons. The highest BCUT2D eigenvalue weighted by Gasteiger charge is 2.19. The van der Waals surface area contributed by atoms with Gasteiger partial charge >= 0.3 is 0 Å². The van der Waals surface area contributed by atoms with Gasteiger partial charge in [0.15, 0.2) is 0 Å². The lowest BCUT2D eigenvalue weighted by Gasteiger charge is -2.24. The van der Waals surface area contributed by atoms with Gasteiger partial charge in [0.2, 0.25) is 0 Å². The third-order valence-electron chi connectivity index (χ3n) is 4.37. The topological polar surface area (TPSA) is 0 Å². The summed E-state index contributed by atoms with van der Waals surface area (Å²) in [5.41, 5.74) is 4.37. The van der Waals surface area contributed by atoms with E-state index in [4.69, 9.17) is 11.6 Å². The number of aryl methyl sites for hydroxylation is 1. The van der Waals surface area contributed by atoms with Crippen LogP contribution in [0.2, 0.25) is 0 Å². The molecule has 0 heterocycles. The first-order chi connectivity index (χ1) is 9.85. The van der Waals surface area contributed by atoms with Gasteiger partial charge in [-0.1, -0.05) is 51.1 Å². The number of hydrogen-bond donors (Lipinski definition) is 0. The van der Waals surface area contributed by atoms with Crippen LogP contribution in [0.1, 0.15) is 54.8 Å². The summed E-state index contributed by atoms with van der Waals surface area (Å²) < 4.78 is 13.2. The van der Waals surface area contributed by atoms with Crippen molar-refractivity contribution in [2.45, 2.75) is 44.9 Å². The standard InChI is InChI=1S/C19H22ClF/c1-5-19(3,4)15-8-6-14(7-9-15)18(20)17-11-10-16(21)12-13(17)2/h6-12,18H,5H2,1-4H3. The maximum atomic E-state index is 13.2. The Bertz CT molecular complexity index is 614. The molecule has 21 heavy (non-hydrogen) atoms. The van der Waals surface area contributed by atoms with Crippen molar-refractivity contribution in [2.24, 2.45) is 0 Å². The van der Waals surface area contributed by atoms with Crippen molar-refractivity contribution < 1.29 is 4.39 Å². The van der Waals surface area contributed by atoms with E-state index in [2.05, 4.69) is 45.0 Å². The van der Waals surface area contributed by atoms with Crippen molar-refractivity contribution >= 4 is 11.6 Å². The van der Waals surface area contributed by atoms with Crippen LogP contribution in [0.25, 0.3) is 0 Å². The molecule has 0 saturated carbocycles. The summed E-state index contributed by atoms with van der Waals surface area (Å²) >= 11 is 6.57. The molecule has 0 aliphatic rings. The molecule has 0 aliphatic carbocycles. The number of rotatable bonds is 4. The zero-order valence-corrected chi connectivity index (χ0v) is 13.8. The van der Waals surface area contributed by atoms with Crippen molar-refractivity contribution in [1.29, 1.82) is 0 Å². The molecule has 0 saturated heterocycles. The zero-order valence-electron chi connectivity index (χ0n) is 13.1. The van der Waals surface area contributed by atoms with Crippen LogP contribution >= 0.6 is 11.6 Å². The molecule has 0 nitrogen and oxygen atoms in total. The minimum Gasteiger partial charge on any atom is -0.207 e. The SMILES string of the molecule is CCC(C)(C)c1ccc(C(Cl)c2ccc(F)cc2C)cc1. The molecule has 1 unspecified atom stereocenters. The first-order valence-electron chi connectivity index (χ1n) is 7.35. The molecule has 0 aliphatic heterocycles. The summed E-state index contributed by atoms with van der Waals surface area (Å²) in [4.78, 5) is 0. The molecule has 0 amide bonds. The second-order valence-electron chi connectivity index (χ2n) is 6.22. The fraction of sp³-hybridized carbons (Fsp3) is 0.368. The molecule has 0 N–H and O–H groups in total. The maximum absolute atomic E-state index is 13.2. The smallest absolute Gasteiger partial charge is 0.123 e. The fourth-order valence-electron chi connectivity index (χ4n) is 2.41. The molecular formula is C19H22ClF. The van der Waals surface area contributed by atoms with Gasteiger partial charge in [-0.05, 0) is 53.1 Å². The van der Waals surface area contributed by atoms with E-state index in [1.807, 2.05) is 6.92 Å². The van der Waals surface area contributed by atoms with Crippen LogP contribution in [0, 0.1) is 12.7 Å². The van der Waals surface area contributed by atoms with Crippen molar-refractivity contribution in [3.8, 4) is 0 Å². The van der Waals surface area contributed by atoms with E-state index in [1.54, 1.807) is 6.07 Å². The van der Waals surface area contributed by atoms with Gasteiger partial charge in [0.05, 0.1) is 5.38 Å². The van der Waals surface area contributed by atoms with Crippen LogP contribution in [0.15, 0.2) is 42.5 Å². The van der Waals surface area contributed by atoms with Gasteiger partial charge in [-0.3, -0.25) is 0 Å². The number of alkyl halides is 1. The second-order valence-corrected chi connectivity index (χ2v) is 6.66. The number of hydrogen-bond acceptors (Lipinski definition) is 0. The molecule has 0 bridgehead atoms. The minimum absolute atomic E-state index is 0.173. The highest BCUT2D eigenvalue weighted by Crippen LogP contribution is 2.33. The third kappa shape index (κ3) is 3.47. The minimum atomic E-state index is -0.246. The summed E-state index contributed by atoms with van der Waals surface area (Å²) in [5.74, 6) is -0.222. The second kappa shape index (κ2) is 6.19. The predicted octanol–water partition coefficient (Wildman–Crippen LogP) is 6.15. The lowest BCUT2D eigenvalue weighted by atomic mass is 9.82. The van der Waals surface area contributed by atoms with E-state index in [9.17, 15) is 4.39 Å². The summed E-state index contributed by atoms with van der Waals surface area (Å²) in [6, 6.07) is 13.2. The van der Waals surface area contributed by atoms with Crippen LogP contribution in [-0.2, 0) is 5.41 Å². The van der Waals surface area contributed by atoms with Gasteiger partial charge in [-0.2, -0.15) is 0 Å². The Morgan fingerprint density at radius 2 is 1.71 bits per heavy atom. The molecular weight excluding hydrogens is 283 g/mol. The monoisotopic (exact) mass is 304 g/mol. The van der Waals surface area contributed by atoms with Crippen LogP contribution in [0.4, 0.5) is 4.39 Å². The van der Waals surface area contributed by atoms with E-state index in [1.165, 1.54) is 17.7 Å². The van der Waals surface area contributed by atoms with Crippen LogP contribution < -0.4 is 0 Å². The molecule has 112 valence electrons. The Kier molecular flexibility index (Phi) is 4.73. The Labute approximate surface area is 132 Å². The van der Waals surface area contributed by atoms with Crippen LogP contribution in [0.3, 0.4) is 0 Å². The summed E-state index contributed by atoms with van der Waals surface area (Å²) in [7, 11) is 0. The molecule has 2 rings (SSSR count). The molecule has 2 heteroatoms. The van der Waals surface area contributed by atoms with Gasteiger partial charge in [-0.25, -0.2) is 4.39 Å². The molecule has 1 atom stereocenters. The van der Waals surface area contributed by atoms with E-state index in [0.717, 1.165) is 23.1 Å². The highest BCUT2D eigenvalue weighted by molar-refractivity contribution is 6.22. The molecule has 2 aromatic carbocycles. The van der Waals surface area contributed by atoms with Crippen molar-refractivity contribution in [3.63, 3.8) is 0 Å². The lowest BCUT2D eigenvalue weighted by Crippen LogP contribution is -2.15. The predicted molar refractivity (Wildman–Crippen MR) is 88.6 cm³/mol. The van der Waals surface area contributed by atoms with Crippen molar-refractivity contribution in [1.82, 2.24) is 0 Å². The first kappa shape index (κ1) is 16.0. The van der Waals surface area contributed by atoms with Gasteiger partial charge in [-0.15, -0.1) is 11.6 Å². The van der Waals surface area contributed by atoms with Gasteiger partial charge < -0.3 is 0 Å². The first-order valence-corrected chi connectivity index (χ1v) is 7.79. The van der Waals surface area contributed by atoms with E-state index in [0.29, 0.717) is 0 Å². The summed E-state index contributed by atoms with van der Waals surface area (Å²) in [5, 5.41) is -0.246. The summed E-state index contributed by atoms with van der Waals surface area (Å²) in [6.45, 7) is 8.57. The Morgan fingerprint density at radius 1 is 1.10 bits per heavy atom. The van der Waals surface area contributed by atoms with Crippen molar-refractivity contribution in [2.75, 3.05) is 0 Å².